The monoisotopic (exact) mass is 395 g/mol. The summed E-state index contributed by atoms with van der Waals surface area (Å²) in [5.74, 6) is 0.0727. The first-order valence-electron chi connectivity index (χ1n) is 8.08. The minimum Gasteiger partial charge on any atom is -0.354 e. The molecule has 1 aromatic rings. The van der Waals surface area contributed by atoms with E-state index in [9.17, 15) is 4.79 Å². The first-order chi connectivity index (χ1) is 10.6. The molecule has 1 amide bonds. The van der Waals surface area contributed by atoms with E-state index >= 15 is 0 Å². The number of rotatable bonds is 7. The third-order valence-electron chi connectivity index (χ3n) is 4.13. The van der Waals surface area contributed by atoms with Crippen LogP contribution in [0.2, 0.25) is 5.02 Å². The molecule has 2 rings (SSSR count). The van der Waals surface area contributed by atoms with Crippen molar-refractivity contribution in [1.29, 1.82) is 0 Å². The van der Waals surface area contributed by atoms with E-state index in [2.05, 4.69) is 16.3 Å². The summed E-state index contributed by atoms with van der Waals surface area (Å²) < 4.78 is 0. The van der Waals surface area contributed by atoms with Crippen LogP contribution in [0.15, 0.2) is 24.3 Å². The van der Waals surface area contributed by atoms with Gasteiger partial charge in [0.05, 0.1) is 6.04 Å². The predicted octanol–water partition coefficient (Wildman–Crippen LogP) is 3.56. The van der Waals surface area contributed by atoms with Crippen LogP contribution in [0.4, 0.5) is 0 Å². The lowest BCUT2D eigenvalue weighted by Crippen LogP contribution is -2.37. The molecule has 1 heterocycles. The third kappa shape index (κ3) is 7.58. The highest BCUT2D eigenvalue weighted by molar-refractivity contribution is 6.30. The summed E-state index contributed by atoms with van der Waals surface area (Å²) in [5.41, 5.74) is 6.87. The maximum absolute atomic E-state index is 12.0. The Bertz CT molecular complexity index is 494. The second-order valence-corrected chi connectivity index (χ2v) is 6.57. The Morgan fingerprint density at radius 3 is 2.58 bits per heavy atom. The molecule has 2 atom stereocenters. The van der Waals surface area contributed by atoms with Crippen LogP contribution < -0.4 is 11.1 Å². The van der Waals surface area contributed by atoms with E-state index < -0.39 is 0 Å². The van der Waals surface area contributed by atoms with Gasteiger partial charge in [-0.1, -0.05) is 23.7 Å². The van der Waals surface area contributed by atoms with Crippen molar-refractivity contribution in [2.75, 3.05) is 19.6 Å². The van der Waals surface area contributed by atoms with Gasteiger partial charge in [-0.05, 0) is 57.0 Å². The number of nitrogens with zero attached hydrogens (tertiary/aromatic N) is 1. The summed E-state index contributed by atoms with van der Waals surface area (Å²) >= 11 is 6.12. The number of hydrogen-bond acceptors (Lipinski definition) is 3. The number of halogens is 3. The van der Waals surface area contributed by atoms with Gasteiger partial charge in [0, 0.05) is 24.0 Å². The van der Waals surface area contributed by atoms with E-state index in [-0.39, 0.29) is 42.8 Å². The summed E-state index contributed by atoms with van der Waals surface area (Å²) in [4.78, 5) is 14.4. The van der Waals surface area contributed by atoms with Crippen LogP contribution in [0.3, 0.4) is 0 Å². The Balaban J connectivity index is 0.00000264. The molecule has 0 saturated carbocycles. The van der Waals surface area contributed by atoms with E-state index in [1.807, 2.05) is 25.1 Å². The van der Waals surface area contributed by atoms with Gasteiger partial charge in [0.2, 0.25) is 5.91 Å². The number of carbonyl (C=O) groups is 1. The highest BCUT2D eigenvalue weighted by Crippen LogP contribution is 2.26. The average Bonchev–Trinajstić information content (AvgIpc) is 2.99. The Hall–Kier alpha value is -0.520. The van der Waals surface area contributed by atoms with Crippen molar-refractivity contribution in [1.82, 2.24) is 10.2 Å². The molecule has 3 N–H and O–H groups in total. The molecule has 0 bridgehead atoms. The molecule has 24 heavy (non-hydrogen) atoms. The van der Waals surface area contributed by atoms with Crippen LogP contribution in [0.1, 0.15) is 44.2 Å². The van der Waals surface area contributed by atoms with Gasteiger partial charge in [0.1, 0.15) is 0 Å². The smallest absolute Gasteiger partial charge is 0.220 e. The molecule has 0 radical (unpaired) electrons. The number of carbonyl (C=O) groups excluding carboxylic acids is 1. The van der Waals surface area contributed by atoms with Gasteiger partial charge in [0.15, 0.2) is 0 Å². The molecule has 138 valence electrons. The SMILES string of the molecule is CC(N)CCC(=O)NCC(c1cccc(Cl)c1)N1CCCC1.Cl.Cl. The van der Waals surface area contributed by atoms with E-state index in [0.717, 1.165) is 24.5 Å². The fourth-order valence-electron chi connectivity index (χ4n) is 2.88. The van der Waals surface area contributed by atoms with E-state index in [1.165, 1.54) is 18.4 Å². The van der Waals surface area contributed by atoms with Crippen molar-refractivity contribution in [2.24, 2.45) is 5.73 Å². The van der Waals surface area contributed by atoms with E-state index in [4.69, 9.17) is 17.3 Å². The number of nitrogens with one attached hydrogen (secondary N) is 1. The molecule has 0 aromatic heterocycles. The van der Waals surface area contributed by atoms with Gasteiger partial charge >= 0.3 is 0 Å². The Morgan fingerprint density at radius 2 is 2.00 bits per heavy atom. The largest absolute Gasteiger partial charge is 0.354 e. The van der Waals surface area contributed by atoms with Crippen LogP contribution in [0, 0.1) is 0 Å². The number of hydrogen-bond donors (Lipinski definition) is 2. The minimum atomic E-state index is 0. The maximum atomic E-state index is 12.0. The average molecular weight is 397 g/mol. The maximum Gasteiger partial charge on any atom is 0.220 e. The van der Waals surface area contributed by atoms with Gasteiger partial charge < -0.3 is 11.1 Å². The summed E-state index contributed by atoms with van der Waals surface area (Å²) in [6.45, 7) is 4.70. The molecule has 1 fully saturated rings. The van der Waals surface area contributed by atoms with Gasteiger partial charge in [-0.25, -0.2) is 0 Å². The fourth-order valence-corrected chi connectivity index (χ4v) is 3.08. The molecule has 1 aromatic carbocycles. The Morgan fingerprint density at radius 1 is 1.33 bits per heavy atom. The third-order valence-corrected chi connectivity index (χ3v) is 4.37. The van der Waals surface area contributed by atoms with Crippen molar-refractivity contribution < 1.29 is 4.79 Å². The molecular formula is C17H28Cl3N3O. The summed E-state index contributed by atoms with van der Waals surface area (Å²) in [5, 5.41) is 3.79. The molecular weight excluding hydrogens is 369 g/mol. The molecule has 0 aliphatic carbocycles. The summed E-state index contributed by atoms with van der Waals surface area (Å²) in [6.07, 6.45) is 3.64. The second-order valence-electron chi connectivity index (χ2n) is 6.13. The second kappa shape index (κ2) is 11.9. The van der Waals surface area contributed by atoms with Crippen molar-refractivity contribution in [3.05, 3.63) is 34.9 Å². The molecule has 1 saturated heterocycles. The standard InChI is InChI=1S/C17H26ClN3O.2ClH/c1-13(19)7-8-17(22)20-12-16(21-9-2-3-10-21)14-5-4-6-15(18)11-14;;/h4-6,11,13,16H,2-3,7-10,12,19H2,1H3,(H,20,22);2*1H. The highest BCUT2D eigenvalue weighted by Gasteiger charge is 2.24. The van der Waals surface area contributed by atoms with Crippen LogP contribution in [0.5, 0.6) is 0 Å². The topological polar surface area (TPSA) is 58.4 Å². The normalized spacial score (nSPS) is 16.6. The van der Waals surface area contributed by atoms with Crippen molar-refractivity contribution >= 4 is 42.3 Å². The highest BCUT2D eigenvalue weighted by atomic mass is 35.5. The van der Waals surface area contributed by atoms with Crippen molar-refractivity contribution in [3.63, 3.8) is 0 Å². The lowest BCUT2D eigenvalue weighted by atomic mass is 10.1. The first kappa shape index (κ1) is 23.5. The lowest BCUT2D eigenvalue weighted by Gasteiger charge is -2.28. The number of nitrogens with two attached hydrogens (primary N) is 1. The summed E-state index contributed by atoms with van der Waals surface area (Å²) in [6, 6.07) is 8.20. The van der Waals surface area contributed by atoms with Crippen molar-refractivity contribution in [3.8, 4) is 0 Å². The predicted molar refractivity (Wildman–Crippen MR) is 105 cm³/mol. The van der Waals surface area contributed by atoms with Gasteiger partial charge in [0.25, 0.3) is 0 Å². The van der Waals surface area contributed by atoms with Crippen LogP contribution in [0.25, 0.3) is 0 Å². The molecule has 1 aliphatic heterocycles. The van der Waals surface area contributed by atoms with Gasteiger partial charge in [-0.3, -0.25) is 9.69 Å². The Kier molecular flexibility index (Phi) is 11.7. The number of likely N-dealkylation sites (tertiary alicyclic amines) is 1. The van der Waals surface area contributed by atoms with Gasteiger partial charge in [-0.15, -0.1) is 24.8 Å². The molecule has 2 unspecified atom stereocenters. The minimum absolute atomic E-state index is 0. The summed E-state index contributed by atoms with van der Waals surface area (Å²) in [7, 11) is 0. The van der Waals surface area contributed by atoms with Crippen LogP contribution >= 0.6 is 36.4 Å². The van der Waals surface area contributed by atoms with Crippen LogP contribution in [-0.2, 0) is 4.79 Å². The Labute approximate surface area is 162 Å². The van der Waals surface area contributed by atoms with Crippen molar-refractivity contribution in [2.45, 2.75) is 44.7 Å². The molecule has 7 heteroatoms. The van der Waals surface area contributed by atoms with Gasteiger partial charge in [-0.2, -0.15) is 0 Å². The zero-order chi connectivity index (χ0) is 15.9. The zero-order valence-corrected chi connectivity index (χ0v) is 16.4. The zero-order valence-electron chi connectivity index (χ0n) is 14.0. The first-order valence-corrected chi connectivity index (χ1v) is 8.46. The number of amides is 1. The van der Waals surface area contributed by atoms with Crippen LogP contribution in [-0.4, -0.2) is 36.5 Å². The lowest BCUT2D eigenvalue weighted by molar-refractivity contribution is -0.121. The molecule has 1 aliphatic rings. The molecule has 0 spiro atoms. The number of benzene rings is 1. The van der Waals surface area contributed by atoms with E-state index in [1.54, 1.807) is 0 Å². The fraction of sp³-hybridized carbons (Fsp3) is 0.588. The quantitative estimate of drug-likeness (QED) is 0.741. The van der Waals surface area contributed by atoms with E-state index in [0.29, 0.717) is 13.0 Å². The molecule has 4 nitrogen and oxygen atoms in total.